The molecule has 9 nitrogen and oxygen atoms in total. The number of ketones is 1. The molecule has 3 amide bonds. The molecule has 0 saturated heterocycles. The van der Waals surface area contributed by atoms with Crippen LogP contribution in [0.4, 0.5) is 0 Å². The zero-order chi connectivity index (χ0) is 29.0. The van der Waals surface area contributed by atoms with E-state index in [0.717, 1.165) is 18.4 Å². The van der Waals surface area contributed by atoms with E-state index >= 15 is 0 Å². The van der Waals surface area contributed by atoms with Crippen LogP contribution in [-0.2, 0) is 35.3 Å². The molecule has 0 radical (unpaired) electrons. The molecule has 2 atom stereocenters. The molecule has 4 N–H and O–H groups in total. The molecule has 0 heterocycles. The highest BCUT2D eigenvalue weighted by atomic mass is 16.5. The van der Waals surface area contributed by atoms with Crippen molar-refractivity contribution in [2.45, 2.75) is 116 Å². The van der Waals surface area contributed by atoms with Gasteiger partial charge in [0, 0.05) is 25.7 Å². The molecule has 1 rings (SSSR count). The van der Waals surface area contributed by atoms with E-state index in [1.54, 1.807) is 0 Å². The number of carbonyl (C=O) groups excluding carboxylic acids is 5. The summed E-state index contributed by atoms with van der Waals surface area (Å²) in [5, 5.41) is 3.01. The molecule has 0 aliphatic carbocycles. The average molecular weight is 533 g/mol. The number of nitrogens with one attached hydrogen (secondary N) is 2. The number of hydrogen-bond donors (Lipinski definition) is 3. The lowest BCUT2D eigenvalue weighted by molar-refractivity contribution is -0.145. The Hall–Kier alpha value is -3.23. The number of carbonyl (C=O) groups is 5. The molecule has 38 heavy (non-hydrogen) atoms. The van der Waals surface area contributed by atoms with Crippen LogP contribution in [-0.4, -0.2) is 41.6 Å². The van der Waals surface area contributed by atoms with Crippen molar-refractivity contribution < 1.29 is 30.1 Å². The summed E-state index contributed by atoms with van der Waals surface area (Å²) >= 11 is 0. The first-order valence-electron chi connectivity index (χ1n) is 14.2. The second-order valence-electron chi connectivity index (χ2n) is 9.61. The Labute approximate surface area is 228 Å². The van der Waals surface area contributed by atoms with Crippen molar-refractivity contribution in [3.8, 4) is 0 Å². The first-order valence-corrected chi connectivity index (χ1v) is 13.8. The number of benzene rings is 1. The molecule has 0 unspecified atom stereocenters. The molecule has 0 aliphatic rings. The Morgan fingerprint density at radius 2 is 1.50 bits per heavy atom. The summed E-state index contributed by atoms with van der Waals surface area (Å²) in [5.74, 6) is -2.37. The third-order valence-corrected chi connectivity index (χ3v) is 6.16. The summed E-state index contributed by atoms with van der Waals surface area (Å²) in [6.07, 6.45) is 8.44. The summed E-state index contributed by atoms with van der Waals surface area (Å²) in [7, 11) is 0. The predicted molar refractivity (Wildman–Crippen MR) is 146 cm³/mol. The number of amides is 3. The van der Waals surface area contributed by atoms with Gasteiger partial charge in [-0.05, 0) is 38.2 Å². The zero-order valence-electron chi connectivity index (χ0n) is 23.9. The van der Waals surface area contributed by atoms with Gasteiger partial charge >= 0.3 is 5.97 Å². The molecule has 0 saturated carbocycles. The Morgan fingerprint density at radius 1 is 0.895 bits per heavy atom. The van der Waals surface area contributed by atoms with E-state index < -0.39 is 35.8 Å². The SMILES string of the molecule is [2H]N(C(=O)CCCCCC(=O)CCCCCCC)[C@@H](C)C(=O)N[C@@H](CCC(=O)OCc1ccccc1)C(N)=O. The number of primary amides is 1. The monoisotopic (exact) mass is 532 g/mol. The summed E-state index contributed by atoms with van der Waals surface area (Å²) in [4.78, 5) is 60.7. The zero-order valence-corrected chi connectivity index (χ0v) is 22.9. The largest absolute Gasteiger partial charge is 0.461 e. The lowest BCUT2D eigenvalue weighted by atomic mass is 10.0. The van der Waals surface area contributed by atoms with Crippen molar-refractivity contribution in [2.75, 3.05) is 0 Å². The van der Waals surface area contributed by atoms with Crippen LogP contribution in [0.5, 0.6) is 0 Å². The number of esters is 1. The maximum Gasteiger partial charge on any atom is 0.306 e. The Bertz CT molecular complexity index is 912. The number of hydrogen-bond acceptors (Lipinski definition) is 6. The summed E-state index contributed by atoms with van der Waals surface area (Å²) in [5.41, 5.74) is 6.20. The van der Waals surface area contributed by atoms with Gasteiger partial charge in [-0.2, -0.15) is 0 Å². The Balaban J connectivity index is 2.32. The van der Waals surface area contributed by atoms with Crippen molar-refractivity contribution >= 4 is 29.5 Å². The van der Waals surface area contributed by atoms with Crippen LogP contribution >= 0.6 is 0 Å². The second-order valence-corrected chi connectivity index (χ2v) is 9.61. The van der Waals surface area contributed by atoms with Gasteiger partial charge in [0.1, 0.15) is 24.5 Å². The summed E-state index contributed by atoms with van der Waals surface area (Å²) < 4.78 is 13.2. The van der Waals surface area contributed by atoms with Crippen molar-refractivity contribution in [2.24, 2.45) is 5.73 Å². The van der Waals surface area contributed by atoms with Crippen LogP contribution in [0.25, 0.3) is 0 Å². The molecule has 1 aromatic carbocycles. The van der Waals surface area contributed by atoms with E-state index in [1.165, 1.54) is 26.2 Å². The third-order valence-electron chi connectivity index (χ3n) is 6.16. The standard InChI is InChI=1S/C29H45N3O6/c1-3-4-5-6-11-16-24(33)17-12-8-13-18-26(34)31-22(2)29(37)32-25(28(30)36)19-20-27(35)38-21-23-14-9-7-10-15-23/h7,9-10,14-15,22,25H,3-6,8,11-13,16-21H2,1-2H3,(H2,30,36)(H,31,34)(H,32,37)/t22-,25-/m0/s1/i/hD. The summed E-state index contributed by atoms with van der Waals surface area (Å²) in [6, 6.07) is 6.82. The third kappa shape index (κ3) is 15.8. The van der Waals surface area contributed by atoms with E-state index in [2.05, 4.69) is 12.2 Å². The normalized spacial score (nSPS) is 12.6. The van der Waals surface area contributed by atoms with Gasteiger partial charge in [0.25, 0.3) is 0 Å². The van der Waals surface area contributed by atoms with Crippen LogP contribution in [0.15, 0.2) is 30.3 Å². The quantitative estimate of drug-likeness (QED) is 0.162. The van der Waals surface area contributed by atoms with Crippen molar-refractivity contribution in [1.29, 1.82) is 0 Å². The maximum atomic E-state index is 12.6. The number of Topliss-reactive ketones (excluding diaryl/α,β-unsaturated/α-hetero) is 1. The van der Waals surface area contributed by atoms with Gasteiger partial charge in [0.15, 0.2) is 1.41 Å². The molecule has 9 heteroatoms. The van der Waals surface area contributed by atoms with E-state index in [4.69, 9.17) is 11.9 Å². The van der Waals surface area contributed by atoms with Crippen molar-refractivity contribution in [3.05, 3.63) is 35.9 Å². The molecule has 0 bridgehead atoms. The number of unbranched alkanes of at least 4 members (excludes halogenated alkanes) is 6. The highest BCUT2D eigenvalue weighted by Gasteiger charge is 2.23. The Morgan fingerprint density at radius 3 is 2.13 bits per heavy atom. The van der Waals surface area contributed by atoms with Gasteiger partial charge in [-0.15, -0.1) is 0 Å². The molecular weight excluding hydrogens is 486 g/mol. The fraction of sp³-hybridized carbons (Fsp3) is 0.621. The van der Waals surface area contributed by atoms with Crippen LogP contribution in [0, 0.1) is 0 Å². The van der Waals surface area contributed by atoms with Gasteiger partial charge < -0.3 is 21.1 Å². The minimum Gasteiger partial charge on any atom is -0.461 e. The molecule has 0 aromatic heterocycles. The number of rotatable bonds is 21. The van der Waals surface area contributed by atoms with Crippen LogP contribution < -0.4 is 16.4 Å². The van der Waals surface area contributed by atoms with Gasteiger partial charge in [-0.1, -0.05) is 69.4 Å². The number of ether oxygens (including phenoxy) is 1. The highest BCUT2D eigenvalue weighted by molar-refractivity contribution is 5.91. The van der Waals surface area contributed by atoms with E-state index in [-0.39, 0.29) is 31.7 Å². The molecule has 1 aromatic rings. The van der Waals surface area contributed by atoms with E-state index in [0.29, 0.717) is 37.4 Å². The average Bonchev–Trinajstić information content (AvgIpc) is 2.93. The fourth-order valence-electron chi connectivity index (χ4n) is 3.82. The number of nitrogens with two attached hydrogens (primary N) is 1. The minimum absolute atomic E-state index is 0.0647. The van der Waals surface area contributed by atoms with Crippen LogP contribution in [0.3, 0.4) is 0 Å². The topological polar surface area (TPSA) is 145 Å². The second kappa shape index (κ2) is 19.8. The molecule has 0 spiro atoms. The lowest BCUT2D eigenvalue weighted by Gasteiger charge is -2.19. The lowest BCUT2D eigenvalue weighted by Crippen LogP contribution is -2.52. The van der Waals surface area contributed by atoms with Gasteiger partial charge in [-0.3, -0.25) is 24.0 Å². The highest BCUT2D eigenvalue weighted by Crippen LogP contribution is 2.10. The molecule has 0 fully saturated rings. The van der Waals surface area contributed by atoms with Crippen LogP contribution in [0.1, 0.15) is 103 Å². The summed E-state index contributed by atoms with van der Waals surface area (Å²) in [6.45, 7) is 3.63. The molecular formula is C29H45N3O6. The maximum absolute atomic E-state index is 12.6. The van der Waals surface area contributed by atoms with E-state index in [1.807, 2.05) is 30.3 Å². The minimum atomic E-state index is -1.15. The van der Waals surface area contributed by atoms with Gasteiger partial charge in [-0.25, -0.2) is 0 Å². The smallest absolute Gasteiger partial charge is 0.306 e. The first-order chi connectivity index (χ1) is 18.6. The van der Waals surface area contributed by atoms with Gasteiger partial charge in [0.05, 0.1) is 0 Å². The van der Waals surface area contributed by atoms with Crippen molar-refractivity contribution in [1.82, 2.24) is 10.6 Å². The van der Waals surface area contributed by atoms with Gasteiger partial charge in [0.2, 0.25) is 17.7 Å². The first kappa shape index (κ1) is 31.0. The molecule has 0 aliphatic heterocycles. The Kier molecular flexibility index (Phi) is 16.2. The van der Waals surface area contributed by atoms with Crippen molar-refractivity contribution in [3.63, 3.8) is 0 Å². The molecule has 212 valence electrons. The predicted octanol–water partition coefficient (Wildman–Crippen LogP) is 3.86. The van der Waals surface area contributed by atoms with E-state index in [9.17, 15) is 24.0 Å². The fourth-order valence-corrected chi connectivity index (χ4v) is 3.82. The van der Waals surface area contributed by atoms with Crippen LogP contribution in [0.2, 0.25) is 1.41 Å².